The van der Waals surface area contributed by atoms with Gasteiger partial charge in [0.2, 0.25) is 0 Å². The van der Waals surface area contributed by atoms with Crippen LogP contribution in [0.5, 0.6) is 0 Å². The first-order valence-corrected chi connectivity index (χ1v) is 11.4. The van der Waals surface area contributed by atoms with Gasteiger partial charge in [-0.15, -0.1) is 0 Å². The summed E-state index contributed by atoms with van der Waals surface area (Å²) < 4.78 is 14.7. The number of carbonyl (C=O) groups excluding carboxylic acids is 1. The fourth-order valence-electron chi connectivity index (χ4n) is 3.69. The fourth-order valence-corrected chi connectivity index (χ4v) is 3.69. The van der Waals surface area contributed by atoms with Crippen molar-refractivity contribution in [2.24, 2.45) is 7.05 Å². The standard InChI is InChI=1S/C27H23FN8O/c1-17-30-25(16-26(31-17)34-24-5-3-4-14-29-24)32-20-10-12-21(13-11-20)33-27(37)23-15-22(35-36(23)2)18-6-8-19(28)9-7-18/h3-16H,1-2H3,(H,33,37)(H2,29,30,31,32,34). The van der Waals surface area contributed by atoms with Crippen molar-refractivity contribution < 1.29 is 9.18 Å². The van der Waals surface area contributed by atoms with Crippen LogP contribution in [-0.4, -0.2) is 30.6 Å². The lowest BCUT2D eigenvalue weighted by atomic mass is 10.1. The highest BCUT2D eigenvalue weighted by Crippen LogP contribution is 2.23. The van der Waals surface area contributed by atoms with Crippen LogP contribution in [0.2, 0.25) is 0 Å². The predicted molar refractivity (Wildman–Crippen MR) is 141 cm³/mol. The van der Waals surface area contributed by atoms with E-state index in [2.05, 4.69) is 36.0 Å². The molecule has 0 radical (unpaired) electrons. The van der Waals surface area contributed by atoms with Crippen LogP contribution in [0.3, 0.4) is 0 Å². The number of nitrogens with one attached hydrogen (secondary N) is 3. The molecule has 1 amide bonds. The number of hydrogen-bond donors (Lipinski definition) is 3. The van der Waals surface area contributed by atoms with Crippen LogP contribution in [-0.2, 0) is 7.05 Å². The molecular formula is C27H23FN8O. The highest BCUT2D eigenvalue weighted by atomic mass is 19.1. The zero-order chi connectivity index (χ0) is 25.8. The summed E-state index contributed by atoms with van der Waals surface area (Å²) in [5, 5.41) is 13.7. The number of hydrogen-bond acceptors (Lipinski definition) is 7. The highest BCUT2D eigenvalue weighted by Gasteiger charge is 2.15. The number of rotatable bonds is 7. The summed E-state index contributed by atoms with van der Waals surface area (Å²) in [4.78, 5) is 26.0. The van der Waals surface area contributed by atoms with Gasteiger partial charge in [-0.05, 0) is 73.7 Å². The molecular weight excluding hydrogens is 471 g/mol. The number of aryl methyl sites for hydroxylation is 2. The van der Waals surface area contributed by atoms with Crippen molar-refractivity contribution in [3.8, 4) is 11.3 Å². The molecule has 184 valence electrons. The number of anilines is 5. The van der Waals surface area contributed by atoms with E-state index in [1.807, 2.05) is 37.3 Å². The largest absolute Gasteiger partial charge is 0.340 e. The first kappa shape index (κ1) is 23.6. The second-order valence-electron chi connectivity index (χ2n) is 8.23. The van der Waals surface area contributed by atoms with Crippen LogP contribution in [0.4, 0.5) is 33.2 Å². The van der Waals surface area contributed by atoms with Gasteiger partial charge in [-0.1, -0.05) is 6.07 Å². The minimum absolute atomic E-state index is 0.305. The molecule has 0 aliphatic rings. The lowest BCUT2D eigenvalue weighted by Crippen LogP contribution is -2.16. The number of aromatic nitrogens is 5. The first-order chi connectivity index (χ1) is 17.9. The molecule has 3 N–H and O–H groups in total. The Morgan fingerprint density at radius 2 is 1.54 bits per heavy atom. The Labute approximate surface area is 212 Å². The summed E-state index contributed by atoms with van der Waals surface area (Å²) >= 11 is 0. The van der Waals surface area contributed by atoms with E-state index in [-0.39, 0.29) is 11.7 Å². The third-order valence-corrected chi connectivity index (χ3v) is 5.43. The SMILES string of the molecule is Cc1nc(Nc2ccc(NC(=O)c3cc(-c4ccc(F)cc4)nn3C)cc2)cc(Nc2ccccn2)n1. The van der Waals surface area contributed by atoms with Gasteiger partial charge in [0.05, 0.1) is 5.69 Å². The van der Waals surface area contributed by atoms with Gasteiger partial charge < -0.3 is 16.0 Å². The van der Waals surface area contributed by atoms with Crippen molar-refractivity contribution in [3.63, 3.8) is 0 Å². The molecule has 0 aliphatic heterocycles. The number of pyridine rings is 1. The van der Waals surface area contributed by atoms with E-state index in [0.717, 1.165) is 11.3 Å². The zero-order valence-corrected chi connectivity index (χ0v) is 20.1. The summed E-state index contributed by atoms with van der Waals surface area (Å²) in [5.74, 6) is 1.89. The van der Waals surface area contributed by atoms with Crippen molar-refractivity contribution in [1.82, 2.24) is 24.7 Å². The lowest BCUT2D eigenvalue weighted by molar-refractivity contribution is 0.101. The van der Waals surface area contributed by atoms with Crippen LogP contribution in [0.15, 0.2) is 85.1 Å². The molecule has 3 heterocycles. The number of carbonyl (C=O) groups is 1. The van der Waals surface area contributed by atoms with Gasteiger partial charge in [-0.2, -0.15) is 5.10 Å². The van der Waals surface area contributed by atoms with Gasteiger partial charge in [0.1, 0.15) is 34.8 Å². The Bertz CT molecular complexity index is 1530. The lowest BCUT2D eigenvalue weighted by Gasteiger charge is -2.11. The van der Waals surface area contributed by atoms with Crippen LogP contribution in [0.1, 0.15) is 16.3 Å². The van der Waals surface area contributed by atoms with E-state index < -0.39 is 0 Å². The average molecular weight is 495 g/mol. The maximum Gasteiger partial charge on any atom is 0.273 e. The fraction of sp³-hybridized carbons (Fsp3) is 0.0741. The second-order valence-corrected chi connectivity index (χ2v) is 8.23. The van der Waals surface area contributed by atoms with Crippen LogP contribution in [0, 0.1) is 12.7 Å². The molecule has 0 unspecified atom stereocenters. The Hall–Kier alpha value is -5.12. The molecule has 0 atom stereocenters. The average Bonchev–Trinajstić information content (AvgIpc) is 3.27. The third-order valence-electron chi connectivity index (χ3n) is 5.43. The molecule has 2 aromatic carbocycles. The predicted octanol–water partition coefficient (Wildman–Crippen LogP) is 5.46. The first-order valence-electron chi connectivity index (χ1n) is 11.4. The van der Waals surface area contributed by atoms with E-state index in [1.165, 1.54) is 16.8 Å². The van der Waals surface area contributed by atoms with Gasteiger partial charge in [0.25, 0.3) is 5.91 Å². The number of halogens is 1. The topological polar surface area (TPSA) is 110 Å². The van der Waals surface area contributed by atoms with Gasteiger partial charge in [-0.3, -0.25) is 9.48 Å². The Kier molecular flexibility index (Phi) is 6.54. The van der Waals surface area contributed by atoms with Crippen molar-refractivity contribution >= 4 is 34.7 Å². The Morgan fingerprint density at radius 3 is 2.24 bits per heavy atom. The smallest absolute Gasteiger partial charge is 0.273 e. The molecule has 3 aromatic heterocycles. The van der Waals surface area contributed by atoms with Crippen LogP contribution >= 0.6 is 0 Å². The van der Waals surface area contributed by atoms with Crippen molar-refractivity contribution in [3.05, 3.63) is 102 Å². The summed E-state index contributed by atoms with van der Waals surface area (Å²) in [6.07, 6.45) is 1.70. The normalized spacial score (nSPS) is 10.7. The molecule has 5 rings (SSSR count). The van der Waals surface area contributed by atoms with Gasteiger partial charge >= 0.3 is 0 Å². The van der Waals surface area contributed by atoms with E-state index >= 15 is 0 Å². The Balaban J connectivity index is 1.25. The summed E-state index contributed by atoms with van der Waals surface area (Å²) in [6, 6.07) is 22.3. The van der Waals surface area contributed by atoms with Gasteiger partial charge in [0, 0.05) is 36.2 Å². The summed E-state index contributed by atoms with van der Waals surface area (Å²) in [7, 11) is 1.69. The number of benzene rings is 2. The molecule has 0 saturated heterocycles. The minimum Gasteiger partial charge on any atom is -0.340 e. The number of amides is 1. The maximum absolute atomic E-state index is 13.2. The molecule has 0 saturated carbocycles. The van der Waals surface area contributed by atoms with Crippen molar-refractivity contribution in [1.29, 1.82) is 0 Å². The van der Waals surface area contributed by atoms with E-state index in [4.69, 9.17) is 0 Å². The highest BCUT2D eigenvalue weighted by molar-refractivity contribution is 6.03. The second kappa shape index (κ2) is 10.2. The van der Waals surface area contributed by atoms with Crippen LogP contribution < -0.4 is 16.0 Å². The van der Waals surface area contributed by atoms with Gasteiger partial charge in [0.15, 0.2) is 0 Å². The number of nitrogens with zero attached hydrogens (tertiary/aromatic N) is 5. The van der Waals surface area contributed by atoms with Crippen molar-refractivity contribution in [2.75, 3.05) is 16.0 Å². The van der Waals surface area contributed by atoms with Crippen LogP contribution in [0.25, 0.3) is 11.3 Å². The molecule has 0 aliphatic carbocycles. The molecule has 10 heteroatoms. The molecule has 37 heavy (non-hydrogen) atoms. The van der Waals surface area contributed by atoms with E-state index in [9.17, 15) is 9.18 Å². The zero-order valence-electron chi connectivity index (χ0n) is 20.1. The van der Waals surface area contributed by atoms with Crippen molar-refractivity contribution in [2.45, 2.75) is 6.92 Å². The minimum atomic E-state index is -0.327. The molecule has 0 fully saturated rings. The monoisotopic (exact) mass is 494 g/mol. The third kappa shape index (κ3) is 5.76. The summed E-state index contributed by atoms with van der Waals surface area (Å²) in [6.45, 7) is 1.81. The summed E-state index contributed by atoms with van der Waals surface area (Å²) in [5.41, 5.74) is 3.11. The Morgan fingerprint density at radius 1 is 0.838 bits per heavy atom. The molecule has 9 nitrogen and oxygen atoms in total. The molecule has 0 spiro atoms. The van der Waals surface area contributed by atoms with Gasteiger partial charge in [-0.25, -0.2) is 19.3 Å². The van der Waals surface area contributed by atoms with E-state index in [1.54, 1.807) is 49.6 Å². The molecule has 0 bridgehead atoms. The quantitative estimate of drug-likeness (QED) is 0.276. The molecule has 5 aromatic rings. The maximum atomic E-state index is 13.2. The van der Waals surface area contributed by atoms with E-state index in [0.29, 0.717) is 40.4 Å².